The molecule has 0 bridgehead atoms. The summed E-state index contributed by atoms with van der Waals surface area (Å²) in [5.74, 6) is 0.599. The molecule has 2 nitrogen and oxygen atoms in total. The number of rotatable bonds is 14. The second-order valence-electron chi connectivity index (χ2n) is 6.74. The van der Waals surface area contributed by atoms with E-state index in [0.717, 1.165) is 6.42 Å². The summed E-state index contributed by atoms with van der Waals surface area (Å²) in [4.78, 5) is 0. The van der Waals surface area contributed by atoms with E-state index in [-0.39, 0.29) is 10.5 Å². The van der Waals surface area contributed by atoms with Crippen molar-refractivity contribution < 1.29 is 5.11 Å². The molecule has 0 aliphatic rings. The minimum atomic E-state index is 0. The van der Waals surface area contributed by atoms with Crippen molar-refractivity contribution in [2.75, 3.05) is 6.61 Å². The molecule has 0 fully saturated rings. The second kappa shape index (κ2) is 15.3. The maximum Gasteiger partial charge on any atom is 0.0434 e. The minimum absolute atomic E-state index is 0. The van der Waals surface area contributed by atoms with Crippen molar-refractivity contribution in [1.82, 2.24) is 6.15 Å². The van der Waals surface area contributed by atoms with E-state index in [4.69, 9.17) is 5.11 Å². The Morgan fingerprint density at radius 3 is 1.62 bits per heavy atom. The SMILES string of the molecule is CCCCCCCCCCCCC(CCO)C(C)(C)Br.N. The molecule has 21 heavy (non-hydrogen) atoms. The second-order valence-corrected chi connectivity index (χ2v) is 8.79. The predicted octanol–water partition coefficient (Wildman–Crippen LogP) is 6.63. The first kappa shape index (κ1) is 23.7. The molecule has 0 saturated heterocycles. The number of unbranched alkanes of at least 4 members (excludes halogenated alkanes) is 9. The average molecular weight is 366 g/mol. The summed E-state index contributed by atoms with van der Waals surface area (Å²) in [7, 11) is 0. The Kier molecular flexibility index (Phi) is 17.2. The van der Waals surface area contributed by atoms with Crippen molar-refractivity contribution in [2.24, 2.45) is 5.92 Å². The van der Waals surface area contributed by atoms with Gasteiger partial charge in [0.15, 0.2) is 0 Å². The first-order valence-electron chi connectivity index (χ1n) is 8.82. The highest BCUT2D eigenvalue weighted by Crippen LogP contribution is 2.33. The van der Waals surface area contributed by atoms with E-state index < -0.39 is 0 Å². The summed E-state index contributed by atoms with van der Waals surface area (Å²) in [6.45, 7) is 7.04. The van der Waals surface area contributed by atoms with Crippen LogP contribution in [0.4, 0.5) is 0 Å². The van der Waals surface area contributed by atoms with E-state index in [0.29, 0.717) is 12.5 Å². The summed E-state index contributed by atoms with van der Waals surface area (Å²) in [5, 5.41) is 9.14. The number of aliphatic hydroxyl groups excluding tert-OH is 1. The van der Waals surface area contributed by atoms with E-state index in [9.17, 15) is 0 Å². The monoisotopic (exact) mass is 365 g/mol. The Morgan fingerprint density at radius 1 is 0.810 bits per heavy atom. The van der Waals surface area contributed by atoms with Crippen LogP contribution in [0, 0.1) is 5.92 Å². The Morgan fingerprint density at radius 2 is 1.24 bits per heavy atom. The van der Waals surface area contributed by atoms with Crippen molar-refractivity contribution in [2.45, 2.75) is 102 Å². The fourth-order valence-corrected chi connectivity index (χ4v) is 3.32. The maximum atomic E-state index is 9.14. The zero-order valence-corrected chi connectivity index (χ0v) is 16.4. The van der Waals surface area contributed by atoms with Gasteiger partial charge in [-0.1, -0.05) is 87.1 Å². The highest BCUT2D eigenvalue weighted by atomic mass is 79.9. The highest BCUT2D eigenvalue weighted by Gasteiger charge is 2.25. The predicted molar refractivity (Wildman–Crippen MR) is 99.7 cm³/mol. The van der Waals surface area contributed by atoms with Gasteiger partial charge in [0.25, 0.3) is 0 Å². The normalized spacial score (nSPS) is 13.0. The number of halogens is 1. The van der Waals surface area contributed by atoms with Crippen molar-refractivity contribution in [3.63, 3.8) is 0 Å². The van der Waals surface area contributed by atoms with Crippen molar-refractivity contribution in [3.05, 3.63) is 0 Å². The summed E-state index contributed by atoms with van der Waals surface area (Å²) >= 11 is 3.76. The third-order valence-electron chi connectivity index (χ3n) is 4.35. The molecule has 0 aromatic carbocycles. The molecule has 1 atom stereocenters. The van der Waals surface area contributed by atoms with E-state index >= 15 is 0 Å². The Balaban J connectivity index is 0. The molecule has 3 heteroatoms. The molecule has 0 saturated carbocycles. The van der Waals surface area contributed by atoms with Gasteiger partial charge in [0.05, 0.1) is 0 Å². The van der Waals surface area contributed by atoms with E-state index in [1.165, 1.54) is 70.6 Å². The number of aliphatic hydroxyl groups is 1. The van der Waals surface area contributed by atoms with Crippen molar-refractivity contribution >= 4 is 15.9 Å². The smallest absolute Gasteiger partial charge is 0.0434 e. The molecule has 0 spiro atoms. The molecule has 0 radical (unpaired) electrons. The molecule has 0 aliphatic carbocycles. The Labute approximate surface area is 142 Å². The van der Waals surface area contributed by atoms with Crippen LogP contribution in [-0.4, -0.2) is 16.0 Å². The van der Waals surface area contributed by atoms with Gasteiger partial charge in [-0.25, -0.2) is 0 Å². The van der Waals surface area contributed by atoms with Gasteiger partial charge in [-0.15, -0.1) is 0 Å². The first-order valence-corrected chi connectivity index (χ1v) is 9.61. The molecular weight excluding hydrogens is 326 g/mol. The van der Waals surface area contributed by atoms with Gasteiger partial charge in [-0.2, -0.15) is 0 Å². The number of hydrogen-bond acceptors (Lipinski definition) is 2. The van der Waals surface area contributed by atoms with Gasteiger partial charge >= 0.3 is 0 Å². The third kappa shape index (κ3) is 15.1. The zero-order valence-electron chi connectivity index (χ0n) is 14.8. The highest BCUT2D eigenvalue weighted by molar-refractivity contribution is 9.10. The fraction of sp³-hybridized carbons (Fsp3) is 1.00. The number of hydrogen-bond donors (Lipinski definition) is 2. The lowest BCUT2D eigenvalue weighted by Gasteiger charge is -2.28. The van der Waals surface area contributed by atoms with Gasteiger partial charge in [0, 0.05) is 10.9 Å². The van der Waals surface area contributed by atoms with Gasteiger partial charge in [-0.05, 0) is 32.6 Å². The molecule has 130 valence electrons. The molecule has 1 unspecified atom stereocenters. The van der Waals surface area contributed by atoms with Crippen molar-refractivity contribution in [1.29, 1.82) is 0 Å². The summed E-state index contributed by atoms with van der Waals surface area (Å²) in [6.07, 6.45) is 16.1. The molecule has 0 aromatic rings. The molecule has 0 amide bonds. The topological polar surface area (TPSA) is 55.2 Å². The molecule has 0 heterocycles. The Bertz CT molecular complexity index is 204. The van der Waals surface area contributed by atoms with Gasteiger partial charge in [0.2, 0.25) is 0 Å². The van der Waals surface area contributed by atoms with Crippen LogP contribution >= 0.6 is 15.9 Å². The summed E-state index contributed by atoms with van der Waals surface area (Å²) < 4.78 is 0.162. The standard InChI is InChI=1S/C18H37BrO.H3N/c1-4-5-6-7-8-9-10-11-12-13-14-17(15-16-20)18(2,3)19;/h17,20H,4-16H2,1-3H3;1H3. The van der Waals surface area contributed by atoms with E-state index in [1.807, 2.05) is 0 Å². The lowest BCUT2D eigenvalue weighted by Crippen LogP contribution is -2.25. The molecule has 0 aromatic heterocycles. The van der Waals surface area contributed by atoms with Crippen LogP contribution in [0.3, 0.4) is 0 Å². The lowest BCUT2D eigenvalue weighted by atomic mass is 9.87. The van der Waals surface area contributed by atoms with Crippen LogP contribution in [0.25, 0.3) is 0 Å². The largest absolute Gasteiger partial charge is 0.396 e. The van der Waals surface area contributed by atoms with E-state index in [1.54, 1.807) is 0 Å². The first-order chi connectivity index (χ1) is 9.52. The minimum Gasteiger partial charge on any atom is -0.396 e. The molecule has 0 rings (SSSR count). The fourth-order valence-electron chi connectivity index (χ4n) is 2.86. The number of alkyl halides is 1. The molecule has 4 N–H and O–H groups in total. The zero-order chi connectivity index (χ0) is 15.3. The lowest BCUT2D eigenvalue weighted by molar-refractivity contribution is 0.233. The van der Waals surface area contributed by atoms with Crippen LogP contribution < -0.4 is 6.15 Å². The van der Waals surface area contributed by atoms with Gasteiger partial charge in [-0.3, -0.25) is 0 Å². The van der Waals surface area contributed by atoms with Gasteiger partial charge < -0.3 is 11.3 Å². The maximum absolute atomic E-state index is 9.14. The van der Waals surface area contributed by atoms with Crippen LogP contribution in [0.5, 0.6) is 0 Å². The van der Waals surface area contributed by atoms with E-state index in [2.05, 4.69) is 36.7 Å². The summed E-state index contributed by atoms with van der Waals surface area (Å²) in [5.41, 5.74) is 0. The Hall–Kier alpha value is 0.400. The van der Waals surface area contributed by atoms with Crippen LogP contribution in [0.15, 0.2) is 0 Å². The average Bonchev–Trinajstić information content (AvgIpc) is 2.38. The van der Waals surface area contributed by atoms with Crippen molar-refractivity contribution in [3.8, 4) is 0 Å². The van der Waals surface area contributed by atoms with Gasteiger partial charge in [0.1, 0.15) is 0 Å². The van der Waals surface area contributed by atoms with Crippen LogP contribution in [-0.2, 0) is 0 Å². The molecular formula is C18H40BrNO. The summed E-state index contributed by atoms with van der Waals surface area (Å²) in [6, 6.07) is 0. The third-order valence-corrected chi connectivity index (χ3v) is 5.00. The van der Waals surface area contributed by atoms with Crippen LogP contribution in [0.2, 0.25) is 0 Å². The molecule has 0 aliphatic heterocycles. The van der Waals surface area contributed by atoms with Crippen LogP contribution in [0.1, 0.15) is 97.8 Å². The quantitative estimate of drug-likeness (QED) is 0.268.